The van der Waals surface area contributed by atoms with E-state index in [1.165, 1.54) is 24.1 Å². The molecule has 104 valence electrons. The lowest BCUT2D eigenvalue weighted by Crippen LogP contribution is -2.22. The standard InChI is InChI=1S/C17H25NO/c1-13(19)14-6-7-16-15(12-14)8-11-18(16)10-5-9-17(2,3)4/h6-7,12H,5,8-11H2,1-4H3. The Balaban J connectivity index is 2.00. The molecule has 0 unspecified atom stereocenters. The number of benzene rings is 1. The van der Waals surface area contributed by atoms with Crippen LogP contribution >= 0.6 is 0 Å². The van der Waals surface area contributed by atoms with Crippen molar-refractivity contribution in [2.24, 2.45) is 5.41 Å². The van der Waals surface area contributed by atoms with Gasteiger partial charge in [0.1, 0.15) is 0 Å². The van der Waals surface area contributed by atoms with E-state index in [0.29, 0.717) is 5.41 Å². The van der Waals surface area contributed by atoms with Gasteiger partial charge < -0.3 is 4.90 Å². The third-order valence-electron chi connectivity index (χ3n) is 3.83. The van der Waals surface area contributed by atoms with E-state index in [0.717, 1.165) is 25.1 Å². The van der Waals surface area contributed by atoms with Gasteiger partial charge in [-0.1, -0.05) is 20.8 Å². The van der Waals surface area contributed by atoms with Crippen molar-refractivity contribution in [1.82, 2.24) is 0 Å². The number of Topliss-reactive ketones (excluding diaryl/α,β-unsaturated/α-hetero) is 1. The summed E-state index contributed by atoms with van der Waals surface area (Å²) in [5.41, 5.74) is 3.93. The maximum Gasteiger partial charge on any atom is 0.159 e. The fourth-order valence-corrected chi connectivity index (χ4v) is 2.72. The first-order valence-corrected chi connectivity index (χ1v) is 7.26. The predicted octanol–water partition coefficient (Wildman–Crippen LogP) is 4.08. The Bertz CT molecular complexity index is 471. The first-order valence-electron chi connectivity index (χ1n) is 7.26. The van der Waals surface area contributed by atoms with Crippen LogP contribution in [0.2, 0.25) is 0 Å². The minimum atomic E-state index is 0.161. The predicted molar refractivity (Wildman–Crippen MR) is 81.1 cm³/mol. The highest BCUT2D eigenvalue weighted by molar-refractivity contribution is 5.94. The molecule has 0 fully saturated rings. The van der Waals surface area contributed by atoms with Crippen molar-refractivity contribution >= 4 is 11.5 Å². The van der Waals surface area contributed by atoms with Crippen molar-refractivity contribution in [3.8, 4) is 0 Å². The summed E-state index contributed by atoms with van der Waals surface area (Å²) >= 11 is 0. The van der Waals surface area contributed by atoms with Crippen molar-refractivity contribution < 1.29 is 4.79 Å². The van der Waals surface area contributed by atoms with Crippen LogP contribution in [0.25, 0.3) is 0 Å². The average Bonchev–Trinajstić information content (AvgIpc) is 2.70. The average molecular weight is 259 g/mol. The van der Waals surface area contributed by atoms with Gasteiger partial charge in [-0.3, -0.25) is 4.79 Å². The summed E-state index contributed by atoms with van der Waals surface area (Å²) in [7, 11) is 0. The number of nitrogens with zero attached hydrogens (tertiary/aromatic N) is 1. The number of ketones is 1. The van der Waals surface area contributed by atoms with E-state index in [-0.39, 0.29) is 5.78 Å². The van der Waals surface area contributed by atoms with Crippen LogP contribution in [-0.4, -0.2) is 18.9 Å². The van der Waals surface area contributed by atoms with Crippen LogP contribution in [-0.2, 0) is 6.42 Å². The van der Waals surface area contributed by atoms with Crippen LogP contribution in [0, 0.1) is 5.41 Å². The van der Waals surface area contributed by atoms with Gasteiger partial charge in [0.2, 0.25) is 0 Å². The molecule has 1 aromatic rings. The Kier molecular flexibility index (Phi) is 3.98. The van der Waals surface area contributed by atoms with Gasteiger partial charge in [-0.2, -0.15) is 0 Å². The Labute approximate surface area is 116 Å². The largest absolute Gasteiger partial charge is 0.371 e. The minimum absolute atomic E-state index is 0.161. The second kappa shape index (κ2) is 5.36. The third-order valence-corrected chi connectivity index (χ3v) is 3.83. The number of rotatable bonds is 4. The highest BCUT2D eigenvalue weighted by Crippen LogP contribution is 2.30. The van der Waals surface area contributed by atoms with Crippen molar-refractivity contribution in [2.75, 3.05) is 18.0 Å². The van der Waals surface area contributed by atoms with Crippen molar-refractivity contribution in [2.45, 2.75) is 47.0 Å². The molecule has 1 aromatic carbocycles. The SMILES string of the molecule is CC(=O)c1ccc2c(c1)CCN2CCCC(C)(C)C. The summed E-state index contributed by atoms with van der Waals surface area (Å²) in [5, 5.41) is 0. The van der Waals surface area contributed by atoms with Crippen LogP contribution < -0.4 is 4.90 Å². The summed E-state index contributed by atoms with van der Waals surface area (Å²) in [5.74, 6) is 0.161. The van der Waals surface area contributed by atoms with E-state index < -0.39 is 0 Å². The van der Waals surface area contributed by atoms with E-state index in [2.05, 4.69) is 37.8 Å². The molecular weight excluding hydrogens is 234 g/mol. The second-order valence-electron chi connectivity index (χ2n) is 6.80. The molecule has 0 saturated carbocycles. The van der Waals surface area contributed by atoms with Crippen molar-refractivity contribution in [3.63, 3.8) is 0 Å². The first kappa shape index (κ1) is 14.1. The van der Waals surface area contributed by atoms with Crippen LogP contribution in [0.5, 0.6) is 0 Å². The monoisotopic (exact) mass is 259 g/mol. The topological polar surface area (TPSA) is 20.3 Å². The van der Waals surface area contributed by atoms with Gasteiger partial charge in [0.15, 0.2) is 5.78 Å². The van der Waals surface area contributed by atoms with E-state index in [1.807, 2.05) is 6.07 Å². The lowest BCUT2D eigenvalue weighted by atomic mass is 9.90. The second-order valence-corrected chi connectivity index (χ2v) is 6.80. The molecule has 1 aliphatic rings. The van der Waals surface area contributed by atoms with Gasteiger partial charge in [0, 0.05) is 24.3 Å². The minimum Gasteiger partial charge on any atom is -0.371 e. The van der Waals surface area contributed by atoms with Gasteiger partial charge in [0.05, 0.1) is 0 Å². The molecule has 0 aromatic heterocycles. The number of fused-ring (bicyclic) bond motifs is 1. The van der Waals surface area contributed by atoms with E-state index >= 15 is 0 Å². The highest BCUT2D eigenvalue weighted by atomic mass is 16.1. The maximum absolute atomic E-state index is 11.4. The van der Waals surface area contributed by atoms with Crippen molar-refractivity contribution in [3.05, 3.63) is 29.3 Å². The molecule has 0 aliphatic carbocycles. The zero-order valence-corrected chi connectivity index (χ0v) is 12.6. The van der Waals surface area contributed by atoms with Gasteiger partial charge in [-0.05, 0) is 55.4 Å². The fourth-order valence-electron chi connectivity index (χ4n) is 2.72. The van der Waals surface area contributed by atoms with Crippen LogP contribution in [0.1, 0.15) is 56.5 Å². The zero-order valence-electron chi connectivity index (χ0n) is 12.6. The summed E-state index contributed by atoms with van der Waals surface area (Å²) in [6, 6.07) is 6.15. The van der Waals surface area contributed by atoms with E-state index in [1.54, 1.807) is 6.92 Å². The Morgan fingerprint density at radius 3 is 2.68 bits per heavy atom. The van der Waals surface area contributed by atoms with Gasteiger partial charge >= 0.3 is 0 Å². The molecule has 0 bridgehead atoms. The Hall–Kier alpha value is -1.31. The molecule has 1 heterocycles. The number of anilines is 1. The summed E-state index contributed by atoms with van der Waals surface area (Å²) in [6.45, 7) is 10.8. The molecule has 19 heavy (non-hydrogen) atoms. The summed E-state index contributed by atoms with van der Waals surface area (Å²) in [6.07, 6.45) is 3.56. The molecule has 0 atom stereocenters. The number of hydrogen-bond donors (Lipinski definition) is 0. The summed E-state index contributed by atoms with van der Waals surface area (Å²) < 4.78 is 0. The number of hydrogen-bond acceptors (Lipinski definition) is 2. The Morgan fingerprint density at radius 1 is 1.32 bits per heavy atom. The van der Waals surface area contributed by atoms with Crippen LogP contribution in [0.15, 0.2) is 18.2 Å². The van der Waals surface area contributed by atoms with Crippen molar-refractivity contribution in [1.29, 1.82) is 0 Å². The van der Waals surface area contributed by atoms with E-state index in [4.69, 9.17) is 0 Å². The van der Waals surface area contributed by atoms with Gasteiger partial charge in [-0.15, -0.1) is 0 Å². The maximum atomic E-state index is 11.4. The molecule has 2 rings (SSSR count). The molecule has 2 heteroatoms. The molecular formula is C17H25NO. The third kappa shape index (κ3) is 3.59. The zero-order chi connectivity index (χ0) is 14.0. The Morgan fingerprint density at radius 2 is 2.05 bits per heavy atom. The first-order chi connectivity index (χ1) is 8.87. The smallest absolute Gasteiger partial charge is 0.159 e. The lowest BCUT2D eigenvalue weighted by Gasteiger charge is -2.23. The molecule has 0 radical (unpaired) electrons. The number of carbonyl (C=O) groups is 1. The van der Waals surface area contributed by atoms with Gasteiger partial charge in [-0.25, -0.2) is 0 Å². The van der Waals surface area contributed by atoms with E-state index in [9.17, 15) is 4.79 Å². The molecule has 1 aliphatic heterocycles. The lowest BCUT2D eigenvalue weighted by molar-refractivity contribution is 0.101. The quantitative estimate of drug-likeness (QED) is 0.759. The van der Waals surface area contributed by atoms with Crippen LogP contribution in [0.3, 0.4) is 0 Å². The fraction of sp³-hybridized carbons (Fsp3) is 0.588. The molecule has 0 saturated heterocycles. The normalized spacial score (nSPS) is 14.6. The summed E-state index contributed by atoms with van der Waals surface area (Å²) in [4.78, 5) is 13.9. The highest BCUT2D eigenvalue weighted by Gasteiger charge is 2.20. The molecule has 0 N–H and O–H groups in total. The molecule has 0 amide bonds. The molecule has 2 nitrogen and oxygen atoms in total. The van der Waals surface area contributed by atoms with Crippen LogP contribution in [0.4, 0.5) is 5.69 Å². The van der Waals surface area contributed by atoms with Gasteiger partial charge in [0.25, 0.3) is 0 Å². The number of carbonyl (C=O) groups excluding carboxylic acids is 1. The molecule has 0 spiro atoms.